The van der Waals surface area contributed by atoms with Gasteiger partial charge in [-0.15, -0.1) is 0 Å². The molecule has 18 heavy (non-hydrogen) atoms. The van der Waals surface area contributed by atoms with Crippen molar-refractivity contribution in [2.24, 2.45) is 5.73 Å². The van der Waals surface area contributed by atoms with Crippen LogP contribution in [-0.4, -0.2) is 19.1 Å². The summed E-state index contributed by atoms with van der Waals surface area (Å²) in [5, 5.41) is 0.839. The van der Waals surface area contributed by atoms with Gasteiger partial charge in [0.05, 0.1) is 0 Å². The molecule has 3 heteroatoms. The molecule has 1 aromatic carbocycles. The lowest BCUT2D eigenvalue weighted by Gasteiger charge is -2.23. The molecule has 0 aliphatic rings. The zero-order valence-corrected chi connectivity index (χ0v) is 12.5. The maximum atomic E-state index is 6.35. The normalized spacial score (nSPS) is 12.5. The van der Waals surface area contributed by atoms with Crippen LogP contribution in [0.5, 0.6) is 0 Å². The molecule has 0 aromatic heterocycles. The Morgan fingerprint density at radius 2 is 2.00 bits per heavy atom. The van der Waals surface area contributed by atoms with Crippen LogP contribution in [0.25, 0.3) is 0 Å². The van der Waals surface area contributed by atoms with Gasteiger partial charge in [-0.25, -0.2) is 0 Å². The Labute approximate surface area is 116 Å². The van der Waals surface area contributed by atoms with E-state index in [9.17, 15) is 0 Å². The second kappa shape index (κ2) is 7.65. The van der Waals surface area contributed by atoms with Crippen LogP contribution < -0.4 is 10.6 Å². The van der Waals surface area contributed by atoms with Crippen LogP contribution in [0.15, 0.2) is 18.2 Å². The third kappa shape index (κ3) is 4.18. The summed E-state index contributed by atoms with van der Waals surface area (Å²) in [6.45, 7) is 8.55. The molecule has 1 atom stereocenters. The maximum absolute atomic E-state index is 6.35. The molecule has 2 N–H and O–H groups in total. The topological polar surface area (TPSA) is 29.3 Å². The third-order valence-corrected chi connectivity index (χ3v) is 3.64. The number of nitrogens with zero attached hydrogens (tertiary/aromatic N) is 1. The van der Waals surface area contributed by atoms with Crippen LogP contribution in [-0.2, 0) is 6.42 Å². The van der Waals surface area contributed by atoms with E-state index in [0.29, 0.717) is 0 Å². The summed E-state index contributed by atoms with van der Waals surface area (Å²) in [6.07, 6.45) is 2.98. The monoisotopic (exact) mass is 268 g/mol. The summed E-state index contributed by atoms with van der Waals surface area (Å²) in [6, 6.07) is 6.54. The Morgan fingerprint density at radius 1 is 1.28 bits per heavy atom. The van der Waals surface area contributed by atoms with Crippen molar-refractivity contribution in [3.05, 3.63) is 28.8 Å². The minimum absolute atomic E-state index is 0.200. The summed E-state index contributed by atoms with van der Waals surface area (Å²) in [4.78, 5) is 2.34. The predicted molar refractivity (Wildman–Crippen MR) is 81.6 cm³/mol. The van der Waals surface area contributed by atoms with Gasteiger partial charge < -0.3 is 10.6 Å². The van der Waals surface area contributed by atoms with E-state index in [4.69, 9.17) is 17.3 Å². The fraction of sp³-hybridized carbons (Fsp3) is 0.600. The maximum Gasteiger partial charge on any atom is 0.0459 e. The van der Waals surface area contributed by atoms with Gasteiger partial charge in [0.2, 0.25) is 0 Å². The molecule has 1 aromatic rings. The van der Waals surface area contributed by atoms with E-state index in [-0.39, 0.29) is 6.04 Å². The van der Waals surface area contributed by atoms with Gasteiger partial charge in [-0.2, -0.15) is 0 Å². The summed E-state index contributed by atoms with van der Waals surface area (Å²) in [7, 11) is 0. The highest BCUT2D eigenvalue weighted by Crippen LogP contribution is 2.25. The number of halogens is 1. The van der Waals surface area contributed by atoms with Gasteiger partial charge >= 0.3 is 0 Å². The van der Waals surface area contributed by atoms with Crippen molar-refractivity contribution in [1.82, 2.24) is 0 Å². The van der Waals surface area contributed by atoms with E-state index >= 15 is 0 Å². The largest absolute Gasteiger partial charge is 0.372 e. The second-order valence-electron chi connectivity index (χ2n) is 4.73. The van der Waals surface area contributed by atoms with E-state index < -0.39 is 0 Å². The first kappa shape index (κ1) is 15.3. The number of rotatable bonds is 7. The van der Waals surface area contributed by atoms with Crippen molar-refractivity contribution in [1.29, 1.82) is 0 Å². The predicted octanol–water partition coefficient (Wildman–Crippen LogP) is 3.86. The van der Waals surface area contributed by atoms with Crippen molar-refractivity contribution in [3.8, 4) is 0 Å². The molecule has 2 nitrogen and oxygen atoms in total. The fourth-order valence-corrected chi connectivity index (χ4v) is 2.32. The third-order valence-electron chi connectivity index (χ3n) is 3.28. The van der Waals surface area contributed by atoms with Crippen molar-refractivity contribution < 1.29 is 0 Å². The summed E-state index contributed by atoms with van der Waals surface area (Å²) in [5.41, 5.74) is 8.34. The van der Waals surface area contributed by atoms with Crippen molar-refractivity contribution in [2.45, 2.75) is 46.1 Å². The molecule has 1 unspecified atom stereocenters. The van der Waals surface area contributed by atoms with Gasteiger partial charge in [-0.05, 0) is 43.9 Å². The lowest BCUT2D eigenvalue weighted by atomic mass is 10.0. The zero-order valence-electron chi connectivity index (χ0n) is 11.7. The van der Waals surface area contributed by atoms with Crippen LogP contribution in [0.2, 0.25) is 5.02 Å². The molecule has 0 heterocycles. The van der Waals surface area contributed by atoms with Crippen molar-refractivity contribution in [2.75, 3.05) is 18.0 Å². The van der Waals surface area contributed by atoms with Gasteiger partial charge in [0.25, 0.3) is 0 Å². The number of hydrogen-bond acceptors (Lipinski definition) is 2. The van der Waals surface area contributed by atoms with E-state index in [1.54, 1.807) is 0 Å². The average Bonchev–Trinajstić information content (AvgIpc) is 2.38. The van der Waals surface area contributed by atoms with E-state index in [1.807, 2.05) is 0 Å². The van der Waals surface area contributed by atoms with Gasteiger partial charge in [-0.1, -0.05) is 31.5 Å². The molecule has 0 radical (unpaired) electrons. The standard InChI is InChI=1S/C15H25ClN2/c1-4-9-18(6-3)14-8-7-12(15(16)11-14)10-13(17)5-2/h7-8,11,13H,4-6,9-10,17H2,1-3H3. The minimum Gasteiger partial charge on any atom is -0.372 e. The Balaban J connectivity index is 2.83. The first-order chi connectivity index (χ1) is 8.62. The summed E-state index contributed by atoms with van der Waals surface area (Å²) in [5.74, 6) is 0. The Hall–Kier alpha value is -0.730. The first-order valence-corrected chi connectivity index (χ1v) is 7.29. The van der Waals surface area contributed by atoms with Gasteiger partial charge in [0.1, 0.15) is 0 Å². The molecule has 0 bridgehead atoms. The molecule has 0 saturated heterocycles. The molecule has 0 fully saturated rings. The zero-order chi connectivity index (χ0) is 13.5. The highest BCUT2D eigenvalue weighted by Gasteiger charge is 2.09. The van der Waals surface area contributed by atoms with Crippen LogP contribution in [0.1, 0.15) is 39.2 Å². The first-order valence-electron chi connectivity index (χ1n) is 6.91. The molecule has 102 valence electrons. The Kier molecular flexibility index (Phi) is 6.51. The van der Waals surface area contributed by atoms with Crippen LogP contribution >= 0.6 is 11.6 Å². The van der Waals surface area contributed by atoms with Crippen molar-refractivity contribution >= 4 is 17.3 Å². The number of nitrogens with two attached hydrogens (primary N) is 1. The van der Waals surface area contributed by atoms with Crippen LogP contribution in [0, 0.1) is 0 Å². The quantitative estimate of drug-likeness (QED) is 0.814. The van der Waals surface area contributed by atoms with Crippen LogP contribution in [0.4, 0.5) is 5.69 Å². The molecule has 0 spiro atoms. The van der Waals surface area contributed by atoms with Crippen molar-refractivity contribution in [3.63, 3.8) is 0 Å². The summed E-state index contributed by atoms with van der Waals surface area (Å²) >= 11 is 6.35. The minimum atomic E-state index is 0.200. The lowest BCUT2D eigenvalue weighted by molar-refractivity contribution is 0.646. The molecular weight excluding hydrogens is 244 g/mol. The molecule has 0 aliphatic heterocycles. The van der Waals surface area contributed by atoms with Gasteiger partial charge in [-0.3, -0.25) is 0 Å². The molecule has 0 aliphatic carbocycles. The highest BCUT2D eigenvalue weighted by atomic mass is 35.5. The number of anilines is 1. The highest BCUT2D eigenvalue weighted by molar-refractivity contribution is 6.31. The second-order valence-corrected chi connectivity index (χ2v) is 5.14. The number of hydrogen-bond donors (Lipinski definition) is 1. The van der Waals surface area contributed by atoms with E-state index in [1.165, 1.54) is 5.69 Å². The Morgan fingerprint density at radius 3 is 2.50 bits per heavy atom. The average molecular weight is 269 g/mol. The number of benzene rings is 1. The molecule has 1 rings (SSSR count). The molecule has 0 saturated carbocycles. The SMILES string of the molecule is CCCN(CC)c1ccc(CC(N)CC)c(Cl)c1. The molecule has 0 amide bonds. The van der Waals surface area contributed by atoms with E-state index in [2.05, 4.69) is 43.9 Å². The smallest absolute Gasteiger partial charge is 0.0459 e. The lowest BCUT2D eigenvalue weighted by Crippen LogP contribution is -2.24. The Bertz CT molecular complexity index is 366. The van der Waals surface area contributed by atoms with E-state index in [0.717, 1.165) is 42.9 Å². The van der Waals surface area contributed by atoms with Gasteiger partial charge in [0, 0.05) is 29.8 Å². The van der Waals surface area contributed by atoms with Gasteiger partial charge in [0.15, 0.2) is 0 Å². The fourth-order valence-electron chi connectivity index (χ4n) is 2.06. The molecular formula is C15H25ClN2. The summed E-state index contributed by atoms with van der Waals surface area (Å²) < 4.78 is 0. The van der Waals surface area contributed by atoms with Crippen LogP contribution in [0.3, 0.4) is 0 Å².